The van der Waals surface area contributed by atoms with Crippen molar-refractivity contribution in [3.63, 3.8) is 0 Å². The Bertz CT molecular complexity index is 1860. The molecule has 0 N–H and O–H groups in total. The van der Waals surface area contributed by atoms with E-state index in [1.54, 1.807) is 24.3 Å². The molecule has 216 valence electrons. The molecule has 1 aliphatic rings. The van der Waals surface area contributed by atoms with Crippen LogP contribution in [0.5, 0.6) is 5.88 Å². The molecule has 0 aliphatic heterocycles. The molecule has 6 rings (SSSR count). The molecule has 5 aromatic rings. The van der Waals surface area contributed by atoms with Gasteiger partial charge in [-0.1, -0.05) is 24.3 Å². The summed E-state index contributed by atoms with van der Waals surface area (Å²) in [6, 6.07) is 6.32. The largest absolute Gasteiger partial charge is 0.480 e. The number of hydrogen-bond acceptors (Lipinski definition) is 7. The zero-order chi connectivity index (χ0) is 29.8. The van der Waals surface area contributed by atoms with Gasteiger partial charge in [0, 0.05) is 54.5 Å². The van der Waals surface area contributed by atoms with E-state index in [0.717, 1.165) is 25.2 Å². The fraction of sp³-hybridized carbons (Fsp3) is 0.286. The maximum atomic E-state index is 13.8. The lowest BCUT2D eigenvalue weighted by Crippen LogP contribution is -2.25. The standard InChI is InChI=1S/C28H22F5N7O2/c1-39-12-19(28(31,32)33)37-24(39)16-5-3-14(4-6-16)9-18-21-17(11-40(26(18)41)27(29)30)10-34-23(38-21)20-22(15-7-8-15)35-13-36-25(20)42-2/h3-6,10-13,15,27H,7-9H2,1-2H3. The van der Waals surface area contributed by atoms with Crippen LogP contribution in [0.25, 0.3) is 33.7 Å². The maximum Gasteiger partial charge on any atom is 0.434 e. The van der Waals surface area contributed by atoms with Crippen LogP contribution in [0, 0.1) is 0 Å². The number of methoxy groups -OCH3 is 1. The summed E-state index contributed by atoms with van der Waals surface area (Å²) in [7, 11) is 2.90. The van der Waals surface area contributed by atoms with Crippen molar-refractivity contribution in [1.29, 1.82) is 0 Å². The molecule has 4 aromatic heterocycles. The third-order valence-electron chi connectivity index (χ3n) is 7.07. The van der Waals surface area contributed by atoms with Gasteiger partial charge in [-0.2, -0.15) is 22.0 Å². The Hall–Kier alpha value is -4.75. The number of fused-ring (bicyclic) bond motifs is 1. The highest BCUT2D eigenvalue weighted by Gasteiger charge is 2.35. The fourth-order valence-electron chi connectivity index (χ4n) is 4.88. The number of halogens is 5. The number of alkyl halides is 5. The Labute approximate surface area is 234 Å². The minimum atomic E-state index is -4.59. The Morgan fingerprint density at radius 3 is 2.40 bits per heavy atom. The third-order valence-corrected chi connectivity index (χ3v) is 7.07. The van der Waals surface area contributed by atoms with Gasteiger partial charge in [-0.25, -0.2) is 24.9 Å². The van der Waals surface area contributed by atoms with Gasteiger partial charge in [0.05, 0.1) is 18.3 Å². The highest BCUT2D eigenvalue weighted by molar-refractivity contribution is 5.83. The summed E-state index contributed by atoms with van der Waals surface area (Å²) in [5.41, 5.74) is 0.383. The molecular formula is C28H22F5N7O2. The Kier molecular flexibility index (Phi) is 6.70. The molecule has 1 aromatic carbocycles. The first-order chi connectivity index (χ1) is 20.0. The summed E-state index contributed by atoms with van der Waals surface area (Å²) in [5, 5.41) is 0.224. The first-order valence-corrected chi connectivity index (χ1v) is 12.8. The van der Waals surface area contributed by atoms with Crippen LogP contribution < -0.4 is 10.3 Å². The lowest BCUT2D eigenvalue weighted by Gasteiger charge is -2.14. The van der Waals surface area contributed by atoms with E-state index in [1.807, 2.05) is 0 Å². The number of aromatic nitrogens is 7. The zero-order valence-corrected chi connectivity index (χ0v) is 22.2. The van der Waals surface area contributed by atoms with E-state index in [0.29, 0.717) is 27.0 Å². The van der Waals surface area contributed by atoms with Crippen LogP contribution in [0.15, 0.2) is 54.0 Å². The summed E-state index contributed by atoms with van der Waals surface area (Å²) >= 11 is 0. The van der Waals surface area contributed by atoms with Crippen molar-refractivity contribution >= 4 is 10.9 Å². The Morgan fingerprint density at radius 2 is 1.79 bits per heavy atom. The number of imidazole rings is 1. The van der Waals surface area contributed by atoms with Crippen LogP contribution in [0.1, 0.15) is 47.8 Å². The number of nitrogens with zero attached hydrogens (tertiary/aromatic N) is 7. The predicted molar refractivity (Wildman–Crippen MR) is 141 cm³/mol. The number of hydrogen-bond donors (Lipinski definition) is 0. The molecule has 0 amide bonds. The van der Waals surface area contributed by atoms with Crippen molar-refractivity contribution in [3.05, 3.63) is 82.1 Å². The molecule has 42 heavy (non-hydrogen) atoms. The van der Waals surface area contributed by atoms with Crippen molar-refractivity contribution in [2.75, 3.05) is 7.11 Å². The van der Waals surface area contributed by atoms with Crippen LogP contribution in [0.3, 0.4) is 0 Å². The second-order valence-corrected chi connectivity index (χ2v) is 9.94. The summed E-state index contributed by atoms with van der Waals surface area (Å²) in [6.45, 7) is -3.10. The second kappa shape index (κ2) is 10.3. The molecule has 1 fully saturated rings. The zero-order valence-electron chi connectivity index (χ0n) is 22.2. The van der Waals surface area contributed by atoms with Gasteiger partial charge in [0.25, 0.3) is 5.56 Å². The topological polar surface area (TPSA) is 101 Å². The van der Waals surface area contributed by atoms with E-state index < -0.39 is 24.0 Å². The summed E-state index contributed by atoms with van der Waals surface area (Å²) in [6.07, 6.45) is 1.85. The van der Waals surface area contributed by atoms with E-state index in [2.05, 4.69) is 24.9 Å². The van der Waals surface area contributed by atoms with Gasteiger partial charge in [-0.15, -0.1) is 0 Å². The van der Waals surface area contributed by atoms with Crippen molar-refractivity contribution in [1.82, 2.24) is 34.1 Å². The van der Waals surface area contributed by atoms with Gasteiger partial charge < -0.3 is 9.30 Å². The monoisotopic (exact) mass is 583 g/mol. The van der Waals surface area contributed by atoms with Gasteiger partial charge in [-0.3, -0.25) is 9.36 Å². The van der Waals surface area contributed by atoms with Gasteiger partial charge >= 0.3 is 12.7 Å². The van der Waals surface area contributed by atoms with Gasteiger partial charge in [-0.05, 0) is 18.4 Å². The van der Waals surface area contributed by atoms with Crippen LogP contribution in [-0.4, -0.2) is 41.2 Å². The maximum absolute atomic E-state index is 13.8. The molecule has 14 heteroatoms. The lowest BCUT2D eigenvalue weighted by molar-refractivity contribution is -0.140. The minimum absolute atomic E-state index is 0.00402. The van der Waals surface area contributed by atoms with Crippen LogP contribution in [0.2, 0.25) is 0 Å². The normalized spacial score (nSPS) is 13.7. The number of aryl methyl sites for hydroxylation is 1. The fourth-order valence-corrected chi connectivity index (χ4v) is 4.88. The highest BCUT2D eigenvalue weighted by Crippen LogP contribution is 2.45. The Balaban J connectivity index is 1.44. The van der Waals surface area contributed by atoms with Crippen molar-refractivity contribution < 1.29 is 26.7 Å². The molecular weight excluding hydrogens is 561 g/mol. The molecule has 0 saturated heterocycles. The van der Waals surface area contributed by atoms with E-state index in [9.17, 15) is 26.7 Å². The summed E-state index contributed by atoms with van der Waals surface area (Å²) in [5.74, 6) is 0.740. The first-order valence-electron chi connectivity index (χ1n) is 12.8. The number of rotatable bonds is 7. The molecule has 4 heterocycles. The molecule has 1 saturated carbocycles. The number of pyridine rings is 1. The SMILES string of the molecule is COc1ncnc(C2CC2)c1-c1ncc2cn(C(F)F)c(=O)c(Cc3ccc(-c4nc(C(F)(F)F)cn4C)cc3)c2n1. The Morgan fingerprint density at radius 1 is 1.05 bits per heavy atom. The summed E-state index contributed by atoms with van der Waals surface area (Å²) < 4.78 is 74.0. The van der Waals surface area contributed by atoms with E-state index >= 15 is 0 Å². The van der Waals surface area contributed by atoms with E-state index in [-0.39, 0.29) is 46.3 Å². The van der Waals surface area contributed by atoms with E-state index in [4.69, 9.17) is 4.74 Å². The van der Waals surface area contributed by atoms with Gasteiger partial charge in [0.1, 0.15) is 17.7 Å². The van der Waals surface area contributed by atoms with Crippen molar-refractivity contribution in [3.8, 4) is 28.7 Å². The molecule has 0 spiro atoms. The van der Waals surface area contributed by atoms with Crippen LogP contribution in [0.4, 0.5) is 22.0 Å². The number of ether oxygens (including phenoxy) is 1. The molecule has 0 bridgehead atoms. The van der Waals surface area contributed by atoms with Crippen molar-refractivity contribution in [2.45, 2.75) is 37.9 Å². The quantitative estimate of drug-likeness (QED) is 0.232. The highest BCUT2D eigenvalue weighted by atomic mass is 19.4. The second-order valence-electron chi connectivity index (χ2n) is 9.94. The third kappa shape index (κ3) is 4.97. The summed E-state index contributed by atoms with van der Waals surface area (Å²) in [4.78, 5) is 34.6. The molecule has 9 nitrogen and oxygen atoms in total. The van der Waals surface area contributed by atoms with Crippen LogP contribution in [-0.2, 0) is 19.6 Å². The van der Waals surface area contributed by atoms with E-state index in [1.165, 1.54) is 31.2 Å². The molecule has 0 radical (unpaired) electrons. The average molecular weight is 584 g/mol. The number of benzene rings is 1. The molecule has 0 atom stereocenters. The van der Waals surface area contributed by atoms with Gasteiger partial charge in [0.2, 0.25) is 5.88 Å². The smallest absolute Gasteiger partial charge is 0.434 e. The average Bonchev–Trinajstić information content (AvgIpc) is 3.74. The molecule has 0 unspecified atom stereocenters. The first kappa shape index (κ1) is 27.4. The predicted octanol–water partition coefficient (Wildman–Crippen LogP) is 5.54. The van der Waals surface area contributed by atoms with Crippen LogP contribution >= 0.6 is 0 Å². The lowest BCUT2D eigenvalue weighted by atomic mass is 10.0. The minimum Gasteiger partial charge on any atom is -0.480 e. The van der Waals surface area contributed by atoms with Crippen molar-refractivity contribution in [2.24, 2.45) is 7.05 Å². The molecule has 1 aliphatic carbocycles. The van der Waals surface area contributed by atoms with Gasteiger partial charge in [0.15, 0.2) is 11.5 Å².